The number of nitrogens with one attached hydrogen (secondary N) is 1. The molecule has 3 N–H and O–H groups in total. The van der Waals surface area contributed by atoms with Gasteiger partial charge in [-0.3, -0.25) is 4.79 Å². The summed E-state index contributed by atoms with van der Waals surface area (Å²) in [5.74, 6) is 0.164. The molecule has 1 aromatic heterocycles. The van der Waals surface area contributed by atoms with Crippen molar-refractivity contribution in [2.75, 3.05) is 12.3 Å². The number of nitriles is 1. The number of benzene rings is 1. The number of amides is 1. The Labute approximate surface area is 158 Å². The molecule has 3 rings (SSSR count). The Balaban J connectivity index is 1.60. The molecule has 1 heterocycles. The second-order valence-corrected chi connectivity index (χ2v) is 6.94. The summed E-state index contributed by atoms with van der Waals surface area (Å²) in [5, 5.41) is 16.8. The van der Waals surface area contributed by atoms with Crippen LogP contribution in [-0.2, 0) is 11.2 Å². The fourth-order valence-corrected chi connectivity index (χ4v) is 3.53. The molecule has 142 valence electrons. The molecule has 27 heavy (non-hydrogen) atoms. The maximum Gasteiger partial charge on any atom is 0.223 e. The summed E-state index contributed by atoms with van der Waals surface area (Å²) in [4.78, 5) is 12.2. The number of carbonyl (C=O) groups is 1. The minimum Gasteiger partial charge on any atom is -0.382 e. The number of aryl methyl sites for hydroxylation is 1. The molecule has 0 unspecified atom stereocenters. The number of rotatable bonds is 6. The monoisotopic (exact) mass is 369 g/mol. The van der Waals surface area contributed by atoms with Crippen molar-refractivity contribution in [3.63, 3.8) is 0 Å². The van der Waals surface area contributed by atoms with Crippen LogP contribution < -0.4 is 11.1 Å². The van der Waals surface area contributed by atoms with Crippen molar-refractivity contribution in [1.29, 1.82) is 5.26 Å². The third-order valence-corrected chi connectivity index (χ3v) is 5.04. The number of anilines is 1. The lowest BCUT2D eigenvalue weighted by Gasteiger charge is -2.20. The minimum absolute atomic E-state index is 0.131. The standard InChI is InChI=1S/C20H24FN5O/c21-15-8-10-16(11-9-15)26-19(23)17(13-22)18(25-26)7-4-12-24-20(27)14-5-2-1-3-6-14/h8-11,14H,1-7,12,23H2,(H,24,27). The number of hydrogen-bond donors (Lipinski definition) is 2. The molecule has 0 aliphatic heterocycles. The van der Waals surface area contributed by atoms with E-state index >= 15 is 0 Å². The molecule has 0 atom stereocenters. The first-order chi connectivity index (χ1) is 13.1. The molecular weight excluding hydrogens is 345 g/mol. The lowest BCUT2D eigenvalue weighted by atomic mass is 9.88. The van der Waals surface area contributed by atoms with E-state index in [0.29, 0.717) is 36.3 Å². The Morgan fingerprint density at radius 2 is 2.00 bits per heavy atom. The average molecular weight is 369 g/mol. The van der Waals surface area contributed by atoms with Crippen LogP contribution in [0.3, 0.4) is 0 Å². The number of nitrogens with zero attached hydrogens (tertiary/aromatic N) is 3. The van der Waals surface area contributed by atoms with Crippen LogP contribution in [0.25, 0.3) is 5.69 Å². The quantitative estimate of drug-likeness (QED) is 0.765. The van der Waals surface area contributed by atoms with Crippen LogP contribution in [0.5, 0.6) is 0 Å². The molecule has 1 aliphatic rings. The van der Waals surface area contributed by atoms with E-state index in [0.717, 1.165) is 25.7 Å². The summed E-state index contributed by atoms with van der Waals surface area (Å²) >= 11 is 0. The van der Waals surface area contributed by atoms with Crippen molar-refractivity contribution in [3.8, 4) is 11.8 Å². The van der Waals surface area contributed by atoms with Gasteiger partial charge in [-0.1, -0.05) is 19.3 Å². The SMILES string of the molecule is N#Cc1c(CCCNC(=O)C2CCCCC2)nn(-c2ccc(F)cc2)c1N. The van der Waals surface area contributed by atoms with Gasteiger partial charge in [0.25, 0.3) is 0 Å². The normalized spacial score (nSPS) is 14.7. The maximum atomic E-state index is 13.1. The maximum absolute atomic E-state index is 13.1. The average Bonchev–Trinajstić information content (AvgIpc) is 3.01. The smallest absolute Gasteiger partial charge is 0.223 e. The van der Waals surface area contributed by atoms with Gasteiger partial charge in [0.1, 0.15) is 23.3 Å². The number of nitrogens with two attached hydrogens (primary N) is 1. The van der Waals surface area contributed by atoms with E-state index in [1.54, 1.807) is 12.1 Å². The van der Waals surface area contributed by atoms with Crippen molar-refractivity contribution in [3.05, 3.63) is 41.3 Å². The Hall–Kier alpha value is -2.88. The first-order valence-corrected chi connectivity index (χ1v) is 9.41. The first-order valence-electron chi connectivity index (χ1n) is 9.41. The zero-order valence-electron chi connectivity index (χ0n) is 15.2. The molecular formula is C20H24FN5O. The largest absolute Gasteiger partial charge is 0.382 e. The predicted octanol–water partition coefficient (Wildman–Crippen LogP) is 3.09. The minimum atomic E-state index is -0.348. The van der Waals surface area contributed by atoms with Crippen LogP contribution in [0.15, 0.2) is 24.3 Å². The van der Waals surface area contributed by atoms with E-state index in [1.807, 2.05) is 0 Å². The number of halogens is 1. The lowest BCUT2D eigenvalue weighted by molar-refractivity contribution is -0.125. The summed E-state index contributed by atoms with van der Waals surface area (Å²) < 4.78 is 14.6. The molecule has 0 spiro atoms. The van der Waals surface area contributed by atoms with Gasteiger partial charge in [-0.2, -0.15) is 10.4 Å². The summed E-state index contributed by atoms with van der Waals surface area (Å²) in [6.07, 6.45) is 6.64. The van der Waals surface area contributed by atoms with E-state index in [9.17, 15) is 14.4 Å². The van der Waals surface area contributed by atoms with Crippen LogP contribution in [0.4, 0.5) is 10.2 Å². The zero-order chi connectivity index (χ0) is 19.2. The van der Waals surface area contributed by atoms with E-state index in [4.69, 9.17) is 5.73 Å². The highest BCUT2D eigenvalue weighted by atomic mass is 19.1. The molecule has 1 amide bonds. The van der Waals surface area contributed by atoms with Crippen LogP contribution in [0.1, 0.15) is 49.8 Å². The fraction of sp³-hybridized carbons (Fsp3) is 0.450. The van der Waals surface area contributed by atoms with Crippen LogP contribution >= 0.6 is 0 Å². The van der Waals surface area contributed by atoms with Gasteiger partial charge in [0.05, 0.1) is 11.4 Å². The molecule has 1 aliphatic carbocycles. The number of aromatic nitrogens is 2. The number of hydrogen-bond acceptors (Lipinski definition) is 4. The summed E-state index contributed by atoms with van der Waals surface area (Å²) in [7, 11) is 0. The van der Waals surface area contributed by atoms with Gasteiger partial charge >= 0.3 is 0 Å². The van der Waals surface area contributed by atoms with Crippen molar-refractivity contribution in [2.45, 2.75) is 44.9 Å². The Bertz CT molecular complexity index is 831. The third-order valence-electron chi connectivity index (χ3n) is 5.04. The fourth-order valence-electron chi connectivity index (χ4n) is 3.53. The van der Waals surface area contributed by atoms with E-state index in [-0.39, 0.29) is 23.5 Å². The van der Waals surface area contributed by atoms with Gasteiger partial charge in [-0.05, 0) is 49.9 Å². The molecule has 2 aromatic rings. The zero-order valence-corrected chi connectivity index (χ0v) is 15.2. The van der Waals surface area contributed by atoms with Gasteiger partial charge in [0.2, 0.25) is 5.91 Å². The van der Waals surface area contributed by atoms with Gasteiger partial charge in [0.15, 0.2) is 0 Å². The van der Waals surface area contributed by atoms with E-state index in [2.05, 4.69) is 16.5 Å². The number of nitrogen functional groups attached to an aromatic ring is 1. The van der Waals surface area contributed by atoms with E-state index < -0.39 is 0 Å². The Morgan fingerprint density at radius 1 is 1.30 bits per heavy atom. The highest BCUT2D eigenvalue weighted by Crippen LogP contribution is 2.24. The highest BCUT2D eigenvalue weighted by molar-refractivity contribution is 5.78. The third kappa shape index (κ3) is 4.45. The first kappa shape index (κ1) is 18.9. The van der Waals surface area contributed by atoms with Crippen molar-refractivity contribution in [2.24, 2.45) is 5.92 Å². The summed E-state index contributed by atoms with van der Waals surface area (Å²) in [6, 6.07) is 7.87. The predicted molar refractivity (Wildman–Crippen MR) is 101 cm³/mol. The summed E-state index contributed by atoms with van der Waals surface area (Å²) in [5.41, 5.74) is 7.57. The molecule has 1 aromatic carbocycles. The van der Waals surface area contributed by atoms with Gasteiger partial charge in [-0.25, -0.2) is 9.07 Å². The number of carbonyl (C=O) groups excluding carboxylic acids is 1. The second kappa shape index (κ2) is 8.67. The van der Waals surface area contributed by atoms with Gasteiger partial charge in [0, 0.05) is 12.5 Å². The van der Waals surface area contributed by atoms with Crippen molar-refractivity contribution < 1.29 is 9.18 Å². The topological polar surface area (TPSA) is 96.7 Å². The van der Waals surface area contributed by atoms with Gasteiger partial charge in [-0.15, -0.1) is 0 Å². The molecule has 1 saturated carbocycles. The molecule has 0 saturated heterocycles. The van der Waals surface area contributed by atoms with Crippen LogP contribution in [-0.4, -0.2) is 22.2 Å². The Morgan fingerprint density at radius 3 is 2.67 bits per heavy atom. The molecule has 1 fully saturated rings. The van der Waals surface area contributed by atoms with Crippen molar-refractivity contribution in [1.82, 2.24) is 15.1 Å². The van der Waals surface area contributed by atoms with Crippen LogP contribution in [0.2, 0.25) is 0 Å². The molecule has 7 heteroatoms. The highest BCUT2D eigenvalue weighted by Gasteiger charge is 2.21. The summed E-state index contributed by atoms with van der Waals surface area (Å²) in [6.45, 7) is 0.545. The molecule has 0 bridgehead atoms. The molecule has 0 radical (unpaired) electrons. The molecule has 6 nitrogen and oxygen atoms in total. The van der Waals surface area contributed by atoms with E-state index in [1.165, 1.54) is 23.2 Å². The second-order valence-electron chi connectivity index (χ2n) is 6.94. The van der Waals surface area contributed by atoms with Gasteiger partial charge < -0.3 is 11.1 Å². The van der Waals surface area contributed by atoms with Crippen molar-refractivity contribution >= 4 is 11.7 Å². The Kier molecular flexibility index (Phi) is 6.07. The van der Waals surface area contributed by atoms with Crippen LogP contribution in [0, 0.1) is 23.1 Å². The lowest BCUT2D eigenvalue weighted by Crippen LogP contribution is -2.32.